The molecule has 0 radical (unpaired) electrons. The highest BCUT2D eigenvalue weighted by Crippen LogP contribution is 2.31. The zero-order chi connectivity index (χ0) is 14.5. The molecule has 0 aromatic heterocycles. The first-order chi connectivity index (χ1) is 9.58. The van der Waals surface area contributed by atoms with Crippen LogP contribution in [0.1, 0.15) is 51.4 Å². The second-order valence-corrected chi connectivity index (χ2v) is 5.71. The molecular formula is C14H20N2O4. The lowest BCUT2D eigenvalue weighted by Gasteiger charge is -2.04. The van der Waals surface area contributed by atoms with E-state index < -0.39 is 9.85 Å². The summed E-state index contributed by atoms with van der Waals surface area (Å²) in [5.74, 6) is 0.227. The predicted octanol–water partition coefficient (Wildman–Crippen LogP) is 3.69. The van der Waals surface area contributed by atoms with Crippen molar-refractivity contribution in [3.63, 3.8) is 0 Å². The Labute approximate surface area is 117 Å². The predicted molar refractivity (Wildman–Crippen MR) is 74.1 cm³/mol. The number of hydrogen-bond acceptors (Lipinski definition) is 4. The van der Waals surface area contributed by atoms with E-state index >= 15 is 0 Å². The second kappa shape index (κ2) is 6.63. The summed E-state index contributed by atoms with van der Waals surface area (Å²) in [5, 5.41) is 22.4. The molecule has 0 atom stereocenters. The lowest BCUT2D eigenvalue weighted by atomic mass is 10.0. The van der Waals surface area contributed by atoms with E-state index in [1.165, 1.54) is 12.2 Å². The molecular weight excluding hydrogens is 260 g/mol. The maximum Gasteiger partial charge on any atom is 0.342 e. The van der Waals surface area contributed by atoms with Gasteiger partial charge in [0, 0.05) is 12.2 Å². The van der Waals surface area contributed by atoms with Gasteiger partial charge in [0.1, 0.15) is 0 Å². The molecule has 0 saturated heterocycles. The third-order valence-corrected chi connectivity index (χ3v) is 4.24. The van der Waals surface area contributed by atoms with E-state index in [0.29, 0.717) is 0 Å². The Morgan fingerprint density at radius 2 is 1.05 bits per heavy atom. The SMILES string of the molecule is O=[N+]([O-])C(=C/C1CCCC1)/C(=C\C1CCCC1)[N+](=O)[O-]. The quantitative estimate of drug-likeness (QED) is 0.436. The Bertz CT molecular complexity index is 402. The molecule has 20 heavy (non-hydrogen) atoms. The minimum atomic E-state index is -0.595. The smallest absolute Gasteiger partial charge is 0.258 e. The van der Waals surface area contributed by atoms with Crippen LogP contribution in [-0.2, 0) is 0 Å². The maximum atomic E-state index is 11.2. The largest absolute Gasteiger partial charge is 0.342 e. The third kappa shape index (κ3) is 3.65. The molecule has 0 unspecified atom stereocenters. The molecule has 2 rings (SSSR count). The topological polar surface area (TPSA) is 86.3 Å². The summed E-state index contributed by atoms with van der Waals surface area (Å²) in [4.78, 5) is 21.2. The monoisotopic (exact) mass is 280 g/mol. The number of hydrogen-bond donors (Lipinski definition) is 0. The van der Waals surface area contributed by atoms with Gasteiger partial charge in [0.15, 0.2) is 0 Å². The Morgan fingerprint density at radius 1 is 0.750 bits per heavy atom. The zero-order valence-electron chi connectivity index (χ0n) is 11.5. The van der Waals surface area contributed by atoms with Crippen molar-refractivity contribution in [2.24, 2.45) is 11.8 Å². The molecule has 0 spiro atoms. The highest BCUT2D eigenvalue weighted by Gasteiger charge is 2.32. The average molecular weight is 280 g/mol. The first-order valence-electron chi connectivity index (χ1n) is 7.30. The van der Waals surface area contributed by atoms with E-state index in [1.807, 2.05) is 0 Å². The number of rotatable bonds is 5. The van der Waals surface area contributed by atoms with Crippen LogP contribution in [0.25, 0.3) is 0 Å². The van der Waals surface area contributed by atoms with Crippen molar-refractivity contribution in [1.82, 2.24) is 0 Å². The van der Waals surface area contributed by atoms with E-state index in [9.17, 15) is 20.2 Å². The molecule has 2 aliphatic rings. The minimum absolute atomic E-state index is 0.113. The molecule has 0 heterocycles. The van der Waals surface area contributed by atoms with E-state index in [-0.39, 0.29) is 23.2 Å². The van der Waals surface area contributed by atoms with Gasteiger partial charge in [0.2, 0.25) is 0 Å². The molecule has 2 saturated carbocycles. The van der Waals surface area contributed by atoms with Gasteiger partial charge in [-0.05, 0) is 37.5 Å². The third-order valence-electron chi connectivity index (χ3n) is 4.24. The van der Waals surface area contributed by atoms with Crippen LogP contribution in [0.5, 0.6) is 0 Å². The fraction of sp³-hybridized carbons (Fsp3) is 0.714. The van der Waals surface area contributed by atoms with Crippen LogP contribution in [0.3, 0.4) is 0 Å². The van der Waals surface area contributed by atoms with Crippen LogP contribution in [0.15, 0.2) is 23.5 Å². The molecule has 2 aliphatic carbocycles. The van der Waals surface area contributed by atoms with Crippen LogP contribution in [0.4, 0.5) is 0 Å². The molecule has 0 aromatic carbocycles. The van der Waals surface area contributed by atoms with Crippen LogP contribution < -0.4 is 0 Å². The van der Waals surface area contributed by atoms with Crippen molar-refractivity contribution < 1.29 is 9.85 Å². The van der Waals surface area contributed by atoms with Gasteiger partial charge in [-0.2, -0.15) is 0 Å². The normalized spacial score (nSPS) is 22.4. The van der Waals surface area contributed by atoms with Gasteiger partial charge in [-0.3, -0.25) is 20.2 Å². The van der Waals surface area contributed by atoms with E-state index in [1.54, 1.807) is 0 Å². The standard InChI is InChI=1S/C14H20N2O4/c17-15(18)13(9-11-5-1-2-6-11)14(16(19)20)10-12-7-3-4-8-12/h9-12H,1-8H2/b13-9+,14-10+. The Hall–Kier alpha value is -1.72. The highest BCUT2D eigenvalue weighted by molar-refractivity contribution is 5.20. The molecule has 0 bridgehead atoms. The van der Waals surface area contributed by atoms with Gasteiger partial charge in [-0.15, -0.1) is 0 Å². The zero-order valence-corrected chi connectivity index (χ0v) is 11.5. The highest BCUT2D eigenvalue weighted by atomic mass is 16.6. The van der Waals surface area contributed by atoms with E-state index in [4.69, 9.17) is 0 Å². The fourth-order valence-electron chi connectivity index (χ4n) is 3.17. The molecule has 6 nitrogen and oxygen atoms in total. The summed E-state index contributed by atoms with van der Waals surface area (Å²) in [7, 11) is 0. The van der Waals surface area contributed by atoms with Crippen molar-refractivity contribution in [1.29, 1.82) is 0 Å². The lowest BCUT2D eigenvalue weighted by Crippen LogP contribution is -2.12. The maximum absolute atomic E-state index is 11.2. The summed E-state index contributed by atoms with van der Waals surface area (Å²) >= 11 is 0. The Kier molecular flexibility index (Phi) is 4.87. The number of nitro groups is 2. The molecule has 6 heteroatoms. The van der Waals surface area contributed by atoms with Crippen molar-refractivity contribution in [3.05, 3.63) is 43.8 Å². The first kappa shape index (κ1) is 14.7. The van der Waals surface area contributed by atoms with Gasteiger partial charge in [0.05, 0.1) is 9.85 Å². The van der Waals surface area contributed by atoms with Gasteiger partial charge in [0.25, 0.3) is 0 Å². The summed E-state index contributed by atoms with van der Waals surface area (Å²) < 4.78 is 0. The summed E-state index contributed by atoms with van der Waals surface area (Å²) in [6.45, 7) is 0. The van der Waals surface area contributed by atoms with Crippen molar-refractivity contribution in [3.8, 4) is 0 Å². The van der Waals surface area contributed by atoms with Gasteiger partial charge in [-0.1, -0.05) is 25.7 Å². The van der Waals surface area contributed by atoms with E-state index in [2.05, 4.69) is 0 Å². The summed E-state index contributed by atoms with van der Waals surface area (Å²) in [6.07, 6.45) is 10.8. The Morgan fingerprint density at radius 3 is 1.30 bits per heavy atom. The first-order valence-corrected chi connectivity index (χ1v) is 7.30. The van der Waals surface area contributed by atoms with Crippen molar-refractivity contribution in [2.45, 2.75) is 51.4 Å². The van der Waals surface area contributed by atoms with E-state index in [0.717, 1.165) is 51.4 Å². The molecule has 0 aromatic rings. The van der Waals surface area contributed by atoms with Crippen molar-refractivity contribution in [2.75, 3.05) is 0 Å². The van der Waals surface area contributed by atoms with Crippen LogP contribution in [0, 0.1) is 32.1 Å². The molecule has 0 amide bonds. The number of nitrogens with zero attached hydrogens (tertiary/aromatic N) is 2. The second-order valence-electron chi connectivity index (χ2n) is 5.71. The number of allylic oxidation sites excluding steroid dienone is 2. The molecule has 0 N–H and O–H groups in total. The molecule has 110 valence electrons. The average Bonchev–Trinajstić information content (AvgIpc) is 3.06. The summed E-state index contributed by atoms with van der Waals surface area (Å²) in [6, 6.07) is 0. The molecule has 2 fully saturated rings. The van der Waals surface area contributed by atoms with Crippen LogP contribution >= 0.6 is 0 Å². The molecule has 0 aliphatic heterocycles. The fourth-order valence-corrected chi connectivity index (χ4v) is 3.17. The van der Waals surface area contributed by atoms with Crippen molar-refractivity contribution >= 4 is 0 Å². The summed E-state index contributed by atoms with van der Waals surface area (Å²) in [5.41, 5.74) is -0.623. The van der Waals surface area contributed by atoms with Crippen LogP contribution in [-0.4, -0.2) is 9.85 Å². The Balaban J connectivity index is 2.27. The van der Waals surface area contributed by atoms with Gasteiger partial charge in [-0.25, -0.2) is 0 Å². The van der Waals surface area contributed by atoms with Gasteiger partial charge >= 0.3 is 11.4 Å². The minimum Gasteiger partial charge on any atom is -0.258 e. The van der Waals surface area contributed by atoms with Crippen LogP contribution in [0.2, 0.25) is 0 Å². The lowest BCUT2D eigenvalue weighted by molar-refractivity contribution is -0.480. The van der Waals surface area contributed by atoms with Gasteiger partial charge < -0.3 is 0 Å².